The highest BCUT2D eigenvalue weighted by Crippen LogP contribution is 2.47. The fourth-order valence-electron chi connectivity index (χ4n) is 5.14. The molecule has 0 radical (unpaired) electrons. The van der Waals surface area contributed by atoms with Crippen molar-refractivity contribution in [2.75, 3.05) is 20.8 Å². The molecule has 0 spiro atoms. The zero-order valence-electron chi connectivity index (χ0n) is 20.8. The van der Waals surface area contributed by atoms with E-state index in [-0.39, 0.29) is 11.2 Å². The SMILES string of the molecule is COc1ccc(-c2c3c(=O)n(C)c(=O)n(C)c3c3n2C(C)(C)CO[C@@H]3c2ccccc2OC)cc1. The third kappa shape index (κ3) is 3.31. The molecule has 0 saturated heterocycles. The van der Waals surface area contributed by atoms with E-state index in [1.165, 1.54) is 7.05 Å². The van der Waals surface area contributed by atoms with Gasteiger partial charge in [0, 0.05) is 19.7 Å². The molecule has 0 fully saturated rings. The van der Waals surface area contributed by atoms with Gasteiger partial charge in [-0.05, 0) is 49.7 Å². The lowest BCUT2D eigenvalue weighted by molar-refractivity contribution is -0.00799. The Kier molecular flexibility index (Phi) is 5.36. The molecule has 3 heterocycles. The molecular formula is C27H29N3O5. The maximum Gasteiger partial charge on any atom is 0.331 e. The first kappa shape index (κ1) is 23.0. The number of benzene rings is 2. The van der Waals surface area contributed by atoms with Crippen LogP contribution in [0.1, 0.15) is 31.2 Å². The van der Waals surface area contributed by atoms with Gasteiger partial charge in [-0.3, -0.25) is 13.9 Å². The predicted octanol–water partition coefficient (Wildman–Crippen LogP) is 3.58. The van der Waals surface area contributed by atoms with Gasteiger partial charge in [-0.15, -0.1) is 0 Å². The molecule has 0 bridgehead atoms. The van der Waals surface area contributed by atoms with E-state index < -0.39 is 11.6 Å². The molecule has 8 nitrogen and oxygen atoms in total. The fraction of sp³-hybridized carbons (Fsp3) is 0.333. The van der Waals surface area contributed by atoms with E-state index in [0.717, 1.165) is 32.8 Å². The van der Waals surface area contributed by atoms with Crippen molar-refractivity contribution in [2.24, 2.45) is 14.1 Å². The van der Waals surface area contributed by atoms with E-state index in [1.807, 2.05) is 48.5 Å². The van der Waals surface area contributed by atoms with Gasteiger partial charge in [0.2, 0.25) is 0 Å². The average molecular weight is 476 g/mol. The van der Waals surface area contributed by atoms with Crippen molar-refractivity contribution in [3.05, 3.63) is 80.6 Å². The lowest BCUT2D eigenvalue weighted by Crippen LogP contribution is -2.40. The third-order valence-electron chi connectivity index (χ3n) is 6.85. The summed E-state index contributed by atoms with van der Waals surface area (Å²) in [7, 11) is 6.45. The van der Waals surface area contributed by atoms with Gasteiger partial charge in [0.25, 0.3) is 5.56 Å². The van der Waals surface area contributed by atoms with E-state index in [4.69, 9.17) is 14.2 Å². The smallest absolute Gasteiger partial charge is 0.331 e. The number of aryl methyl sites for hydroxylation is 1. The Hall–Kier alpha value is -3.78. The van der Waals surface area contributed by atoms with Gasteiger partial charge in [-0.1, -0.05) is 18.2 Å². The molecule has 8 heteroatoms. The molecule has 0 amide bonds. The van der Waals surface area contributed by atoms with Crippen molar-refractivity contribution < 1.29 is 14.2 Å². The molecule has 0 aliphatic carbocycles. The first-order valence-electron chi connectivity index (χ1n) is 11.4. The van der Waals surface area contributed by atoms with Crippen LogP contribution < -0.4 is 20.7 Å². The van der Waals surface area contributed by atoms with Gasteiger partial charge < -0.3 is 18.8 Å². The normalized spacial score (nSPS) is 16.8. The summed E-state index contributed by atoms with van der Waals surface area (Å²) in [6, 6.07) is 15.3. The average Bonchev–Trinajstić information content (AvgIpc) is 3.24. The molecule has 4 aromatic rings. The molecule has 2 aromatic heterocycles. The number of hydrogen-bond acceptors (Lipinski definition) is 5. The Bertz CT molecular complexity index is 1560. The molecule has 5 rings (SSSR count). The van der Waals surface area contributed by atoms with Crippen molar-refractivity contribution in [1.29, 1.82) is 0 Å². The molecule has 2 aromatic carbocycles. The zero-order valence-corrected chi connectivity index (χ0v) is 20.8. The van der Waals surface area contributed by atoms with Crippen LogP contribution in [0.15, 0.2) is 58.1 Å². The summed E-state index contributed by atoms with van der Waals surface area (Å²) in [5.74, 6) is 1.40. The van der Waals surface area contributed by atoms with E-state index in [2.05, 4.69) is 18.4 Å². The number of aromatic nitrogens is 3. The first-order chi connectivity index (χ1) is 16.7. The van der Waals surface area contributed by atoms with Crippen molar-refractivity contribution in [3.8, 4) is 22.8 Å². The first-order valence-corrected chi connectivity index (χ1v) is 11.4. The highest BCUT2D eigenvalue weighted by Gasteiger charge is 2.41. The van der Waals surface area contributed by atoms with Crippen LogP contribution in [0, 0.1) is 0 Å². The van der Waals surface area contributed by atoms with Gasteiger partial charge >= 0.3 is 5.69 Å². The van der Waals surface area contributed by atoms with Crippen LogP contribution in [-0.2, 0) is 24.4 Å². The zero-order chi connectivity index (χ0) is 25.1. The van der Waals surface area contributed by atoms with Crippen LogP contribution in [0.5, 0.6) is 11.5 Å². The molecule has 1 atom stereocenters. The summed E-state index contributed by atoms with van der Waals surface area (Å²) in [4.78, 5) is 26.7. The molecular weight excluding hydrogens is 446 g/mol. The number of para-hydroxylation sites is 1. The molecule has 0 N–H and O–H groups in total. The molecule has 1 aliphatic heterocycles. The molecule has 0 saturated carbocycles. The van der Waals surface area contributed by atoms with Crippen molar-refractivity contribution >= 4 is 10.9 Å². The number of rotatable bonds is 4. The molecule has 35 heavy (non-hydrogen) atoms. The van der Waals surface area contributed by atoms with Gasteiger partial charge in [-0.25, -0.2) is 4.79 Å². The fourth-order valence-corrected chi connectivity index (χ4v) is 5.14. The van der Waals surface area contributed by atoms with Crippen LogP contribution in [0.25, 0.3) is 22.2 Å². The van der Waals surface area contributed by atoms with E-state index >= 15 is 0 Å². The van der Waals surface area contributed by atoms with E-state index in [9.17, 15) is 9.59 Å². The maximum absolute atomic E-state index is 13.7. The van der Waals surface area contributed by atoms with Crippen LogP contribution >= 0.6 is 0 Å². The lowest BCUT2D eigenvalue weighted by atomic mass is 9.97. The maximum atomic E-state index is 13.7. The largest absolute Gasteiger partial charge is 0.497 e. The van der Waals surface area contributed by atoms with Crippen molar-refractivity contribution in [1.82, 2.24) is 13.7 Å². The Morgan fingerprint density at radius 3 is 2.29 bits per heavy atom. The number of methoxy groups -OCH3 is 2. The highest BCUT2D eigenvalue weighted by atomic mass is 16.5. The molecule has 1 aliphatic rings. The summed E-state index contributed by atoms with van der Waals surface area (Å²) in [5.41, 5.74) is 2.53. The quantitative estimate of drug-likeness (QED) is 0.451. The Morgan fingerprint density at radius 1 is 0.943 bits per heavy atom. The van der Waals surface area contributed by atoms with E-state index in [0.29, 0.717) is 23.3 Å². The Balaban J connectivity index is 1.99. The lowest BCUT2D eigenvalue weighted by Gasteiger charge is -2.39. The minimum atomic E-state index is -0.536. The number of nitrogens with zero attached hydrogens (tertiary/aromatic N) is 3. The number of fused-ring (bicyclic) bond motifs is 3. The van der Waals surface area contributed by atoms with Crippen LogP contribution in [0.2, 0.25) is 0 Å². The molecule has 182 valence electrons. The summed E-state index contributed by atoms with van der Waals surface area (Å²) in [6.07, 6.45) is -0.536. The van der Waals surface area contributed by atoms with Gasteiger partial charge in [0.15, 0.2) is 0 Å². The van der Waals surface area contributed by atoms with Crippen molar-refractivity contribution in [3.63, 3.8) is 0 Å². The summed E-state index contributed by atoms with van der Waals surface area (Å²) >= 11 is 0. The van der Waals surface area contributed by atoms with Gasteiger partial charge in [0.1, 0.15) is 17.6 Å². The molecule has 0 unspecified atom stereocenters. The highest BCUT2D eigenvalue weighted by molar-refractivity contribution is 5.97. The van der Waals surface area contributed by atoms with Gasteiger partial charge in [0.05, 0.1) is 48.7 Å². The summed E-state index contributed by atoms with van der Waals surface area (Å²) in [5, 5.41) is 0.480. The second kappa shape index (κ2) is 8.16. The Morgan fingerprint density at radius 2 is 1.63 bits per heavy atom. The number of hydrogen-bond donors (Lipinski definition) is 0. The standard InChI is InChI=1S/C27H29N3O5/c1-27(2)15-35-24(18-9-7-8-10-19(18)34-6)23-22-20(25(31)29(4)26(32)28(22)3)21(30(23)27)16-11-13-17(33-5)14-12-16/h7-14,24H,15H2,1-6H3/t24-/m1/s1. The monoisotopic (exact) mass is 475 g/mol. The van der Waals surface area contributed by atoms with Gasteiger partial charge in [-0.2, -0.15) is 0 Å². The van der Waals surface area contributed by atoms with Crippen molar-refractivity contribution in [2.45, 2.75) is 25.5 Å². The van der Waals surface area contributed by atoms with Crippen LogP contribution in [-0.4, -0.2) is 34.5 Å². The summed E-state index contributed by atoms with van der Waals surface area (Å²) < 4.78 is 22.3. The van der Waals surface area contributed by atoms with Crippen LogP contribution in [0.4, 0.5) is 0 Å². The Labute approximate surface area is 202 Å². The summed E-state index contributed by atoms with van der Waals surface area (Å²) in [6.45, 7) is 4.55. The minimum Gasteiger partial charge on any atom is -0.497 e. The predicted molar refractivity (Wildman–Crippen MR) is 135 cm³/mol. The van der Waals surface area contributed by atoms with E-state index in [1.54, 1.807) is 25.8 Å². The van der Waals surface area contributed by atoms with Crippen LogP contribution in [0.3, 0.4) is 0 Å². The minimum absolute atomic E-state index is 0.342. The third-order valence-corrected chi connectivity index (χ3v) is 6.85. The second-order valence-corrected chi connectivity index (χ2v) is 9.47. The second-order valence-electron chi connectivity index (χ2n) is 9.47. The number of ether oxygens (including phenoxy) is 3. The topological polar surface area (TPSA) is 76.6 Å².